The molecule has 0 N–H and O–H groups in total. The maximum absolute atomic E-state index is 13.1. The zero-order chi connectivity index (χ0) is 21.3. The third kappa shape index (κ3) is 11.5. The molecule has 0 spiro atoms. The van der Waals surface area contributed by atoms with E-state index in [-0.39, 0.29) is 17.5 Å². The van der Waals surface area contributed by atoms with E-state index in [2.05, 4.69) is 41.5 Å². The molecule has 0 rings (SSSR count). The fourth-order valence-corrected chi connectivity index (χ4v) is 4.12. The Balaban J connectivity index is 4.60. The maximum atomic E-state index is 13.1. The Morgan fingerprint density at radius 3 is 1.64 bits per heavy atom. The molecule has 2 nitrogen and oxygen atoms in total. The molecule has 0 amide bonds. The minimum absolute atomic E-state index is 0.0550. The number of esters is 1. The van der Waals surface area contributed by atoms with Crippen molar-refractivity contribution in [3.8, 4) is 0 Å². The Morgan fingerprint density at radius 2 is 1.18 bits per heavy atom. The minimum Gasteiger partial charge on any atom is -0.462 e. The van der Waals surface area contributed by atoms with Gasteiger partial charge >= 0.3 is 5.97 Å². The summed E-state index contributed by atoms with van der Waals surface area (Å²) < 4.78 is 6.16. The van der Waals surface area contributed by atoms with Gasteiger partial charge in [0.15, 0.2) is 0 Å². The van der Waals surface area contributed by atoms with E-state index in [0.29, 0.717) is 5.92 Å². The van der Waals surface area contributed by atoms with E-state index in [9.17, 15) is 4.79 Å². The van der Waals surface area contributed by atoms with Crippen LogP contribution in [0.4, 0.5) is 0 Å². The summed E-state index contributed by atoms with van der Waals surface area (Å²) in [5, 5.41) is 0. The topological polar surface area (TPSA) is 26.3 Å². The molecule has 0 aliphatic heterocycles. The highest BCUT2D eigenvalue weighted by Gasteiger charge is 2.39. The Kier molecular flexibility index (Phi) is 17.0. The van der Waals surface area contributed by atoms with Crippen LogP contribution in [0.5, 0.6) is 0 Å². The van der Waals surface area contributed by atoms with E-state index in [0.717, 1.165) is 32.1 Å². The Labute approximate surface area is 177 Å². The number of unbranched alkanes of at least 4 members (excludes halogenated alkanes) is 9. The number of carbonyl (C=O) groups is 1. The van der Waals surface area contributed by atoms with Gasteiger partial charge in [-0.2, -0.15) is 0 Å². The summed E-state index contributed by atoms with van der Waals surface area (Å²) in [4.78, 5) is 13.1. The molecule has 0 fully saturated rings. The molecule has 0 saturated heterocycles. The highest BCUT2D eigenvalue weighted by Crippen LogP contribution is 2.36. The van der Waals surface area contributed by atoms with Crippen LogP contribution in [0.25, 0.3) is 0 Å². The van der Waals surface area contributed by atoms with E-state index >= 15 is 0 Å². The van der Waals surface area contributed by atoms with Crippen LogP contribution in [-0.4, -0.2) is 12.1 Å². The molecule has 0 aromatic rings. The summed E-state index contributed by atoms with van der Waals surface area (Å²) in [6.07, 6.45) is 19.5. The second-order valence-corrected chi connectivity index (χ2v) is 9.25. The van der Waals surface area contributed by atoms with Crippen LogP contribution < -0.4 is 0 Å². The third-order valence-electron chi connectivity index (χ3n) is 6.79. The molecule has 0 radical (unpaired) electrons. The largest absolute Gasteiger partial charge is 0.462 e. The number of hydrogen-bond acceptors (Lipinski definition) is 2. The molecule has 3 atom stereocenters. The van der Waals surface area contributed by atoms with Crippen molar-refractivity contribution in [3.63, 3.8) is 0 Å². The molecule has 0 aliphatic carbocycles. The van der Waals surface area contributed by atoms with Crippen LogP contribution in [0.15, 0.2) is 0 Å². The van der Waals surface area contributed by atoms with Crippen LogP contribution in [0.3, 0.4) is 0 Å². The number of hydrogen-bond donors (Lipinski definition) is 0. The summed E-state index contributed by atoms with van der Waals surface area (Å²) in [7, 11) is 0. The quantitative estimate of drug-likeness (QED) is 0.161. The number of carbonyl (C=O) groups excluding carboxylic acids is 1. The smallest absolute Gasteiger partial charge is 0.312 e. The minimum atomic E-state index is -0.335. The molecule has 2 heteroatoms. The SMILES string of the molecule is CCCCCCCCCC(CCCCCC)OC(=O)C(C)(CC)C(C)CCC. The Bertz CT molecular complexity index is 365. The van der Waals surface area contributed by atoms with Crippen LogP contribution in [-0.2, 0) is 9.53 Å². The number of rotatable bonds is 19. The lowest BCUT2D eigenvalue weighted by Crippen LogP contribution is -2.38. The lowest BCUT2D eigenvalue weighted by Gasteiger charge is -2.34. The van der Waals surface area contributed by atoms with Gasteiger partial charge in [0, 0.05) is 0 Å². The maximum Gasteiger partial charge on any atom is 0.312 e. The lowest BCUT2D eigenvalue weighted by molar-refractivity contribution is -0.165. The Hall–Kier alpha value is -0.530. The van der Waals surface area contributed by atoms with Gasteiger partial charge in [-0.3, -0.25) is 4.79 Å². The lowest BCUT2D eigenvalue weighted by atomic mass is 9.74. The molecule has 28 heavy (non-hydrogen) atoms. The molecular formula is C26H52O2. The molecule has 0 heterocycles. The first-order valence-electron chi connectivity index (χ1n) is 12.7. The van der Waals surface area contributed by atoms with Gasteiger partial charge in [0.2, 0.25) is 0 Å². The molecule has 0 aliphatic rings. The van der Waals surface area contributed by atoms with Crippen LogP contribution in [0, 0.1) is 11.3 Å². The van der Waals surface area contributed by atoms with E-state index in [4.69, 9.17) is 4.74 Å². The molecule has 3 unspecified atom stereocenters. The molecular weight excluding hydrogens is 344 g/mol. The van der Waals surface area contributed by atoms with Crippen LogP contribution in [0.1, 0.15) is 144 Å². The van der Waals surface area contributed by atoms with Crippen molar-refractivity contribution >= 4 is 5.97 Å². The fraction of sp³-hybridized carbons (Fsp3) is 0.962. The summed E-state index contributed by atoms with van der Waals surface area (Å²) in [5.41, 5.74) is -0.335. The second-order valence-electron chi connectivity index (χ2n) is 9.25. The first-order valence-corrected chi connectivity index (χ1v) is 12.7. The first-order chi connectivity index (χ1) is 13.5. The summed E-state index contributed by atoms with van der Waals surface area (Å²) >= 11 is 0. The van der Waals surface area contributed by atoms with Crippen molar-refractivity contribution in [2.45, 2.75) is 150 Å². The third-order valence-corrected chi connectivity index (χ3v) is 6.79. The van der Waals surface area contributed by atoms with Crippen LogP contribution in [0.2, 0.25) is 0 Å². The van der Waals surface area contributed by atoms with Gasteiger partial charge in [-0.25, -0.2) is 0 Å². The van der Waals surface area contributed by atoms with Crippen molar-refractivity contribution in [2.75, 3.05) is 0 Å². The fourth-order valence-electron chi connectivity index (χ4n) is 4.12. The average molecular weight is 397 g/mol. The van der Waals surface area contributed by atoms with Gasteiger partial charge in [-0.05, 0) is 51.4 Å². The normalized spacial score (nSPS) is 15.8. The summed E-state index contributed by atoms with van der Waals surface area (Å²) in [6.45, 7) is 13.2. The van der Waals surface area contributed by atoms with E-state index in [1.807, 2.05) is 0 Å². The van der Waals surface area contributed by atoms with E-state index in [1.54, 1.807) is 0 Å². The van der Waals surface area contributed by atoms with Gasteiger partial charge < -0.3 is 4.74 Å². The van der Waals surface area contributed by atoms with Crippen molar-refractivity contribution in [1.82, 2.24) is 0 Å². The van der Waals surface area contributed by atoms with Crippen molar-refractivity contribution in [1.29, 1.82) is 0 Å². The Morgan fingerprint density at radius 1 is 0.714 bits per heavy atom. The zero-order valence-corrected chi connectivity index (χ0v) is 20.3. The highest BCUT2D eigenvalue weighted by atomic mass is 16.5. The highest BCUT2D eigenvalue weighted by molar-refractivity contribution is 5.76. The van der Waals surface area contributed by atoms with Gasteiger partial charge in [0.1, 0.15) is 6.10 Å². The zero-order valence-electron chi connectivity index (χ0n) is 20.3. The van der Waals surface area contributed by atoms with Gasteiger partial charge in [0.05, 0.1) is 5.41 Å². The second kappa shape index (κ2) is 17.3. The predicted molar refractivity (Wildman–Crippen MR) is 124 cm³/mol. The molecule has 0 bridgehead atoms. The summed E-state index contributed by atoms with van der Waals surface area (Å²) in [5.74, 6) is 0.439. The molecule has 0 saturated carbocycles. The van der Waals surface area contributed by atoms with Gasteiger partial charge in [-0.15, -0.1) is 0 Å². The van der Waals surface area contributed by atoms with Crippen molar-refractivity contribution in [3.05, 3.63) is 0 Å². The van der Waals surface area contributed by atoms with E-state index < -0.39 is 0 Å². The number of ether oxygens (including phenoxy) is 1. The molecule has 0 aromatic carbocycles. The van der Waals surface area contributed by atoms with Crippen LogP contribution >= 0.6 is 0 Å². The van der Waals surface area contributed by atoms with Gasteiger partial charge in [0.25, 0.3) is 0 Å². The van der Waals surface area contributed by atoms with Crippen molar-refractivity contribution in [2.24, 2.45) is 11.3 Å². The van der Waals surface area contributed by atoms with E-state index in [1.165, 1.54) is 70.6 Å². The average Bonchev–Trinajstić information content (AvgIpc) is 2.69. The standard InChI is InChI=1S/C26H52O2/c1-7-11-13-15-16-17-19-22-24(21-18-14-12-8-2)28-25(27)26(6,10-4)23(5)20-9-3/h23-24H,7-22H2,1-6H3. The molecule has 168 valence electrons. The van der Waals surface area contributed by atoms with Crippen molar-refractivity contribution < 1.29 is 9.53 Å². The predicted octanol–water partition coefficient (Wildman–Crippen LogP) is 8.86. The first kappa shape index (κ1) is 27.5. The summed E-state index contributed by atoms with van der Waals surface area (Å²) in [6, 6.07) is 0. The van der Waals surface area contributed by atoms with Gasteiger partial charge in [-0.1, -0.05) is 98.8 Å². The monoisotopic (exact) mass is 396 g/mol. The molecule has 0 aromatic heterocycles.